The van der Waals surface area contributed by atoms with E-state index >= 15 is 0 Å². The molecule has 0 unspecified atom stereocenters. The predicted octanol–water partition coefficient (Wildman–Crippen LogP) is 3.15. The molecule has 0 saturated carbocycles. The molecule has 0 aliphatic carbocycles. The molecule has 17 heavy (non-hydrogen) atoms. The highest BCUT2D eigenvalue weighted by molar-refractivity contribution is 6.05. The van der Waals surface area contributed by atoms with Gasteiger partial charge in [-0.1, -0.05) is 38.1 Å². The van der Waals surface area contributed by atoms with Gasteiger partial charge in [0.1, 0.15) is 0 Å². The van der Waals surface area contributed by atoms with Crippen molar-refractivity contribution in [2.45, 2.75) is 34.1 Å². The van der Waals surface area contributed by atoms with Gasteiger partial charge >= 0.3 is 0 Å². The molecule has 0 bridgehead atoms. The Morgan fingerprint density at radius 3 is 2.65 bits per heavy atom. The average molecular weight is 235 g/mol. The zero-order valence-corrected chi connectivity index (χ0v) is 11.2. The van der Waals surface area contributed by atoms with Crippen molar-refractivity contribution in [3.63, 3.8) is 0 Å². The summed E-state index contributed by atoms with van der Waals surface area (Å²) in [7, 11) is 1.77. The van der Waals surface area contributed by atoms with Gasteiger partial charge in [0.25, 0.3) is 0 Å². The maximum absolute atomic E-state index is 5.79. The molecule has 1 rings (SSSR count). The van der Waals surface area contributed by atoms with Crippen molar-refractivity contribution in [3.05, 3.63) is 17.4 Å². The Balaban J connectivity index is 3.32. The molecule has 0 fully saturated rings. The first kappa shape index (κ1) is 13.5. The zero-order valence-electron chi connectivity index (χ0n) is 11.2. The summed E-state index contributed by atoms with van der Waals surface area (Å²) in [5.41, 5.74) is 7.45. The Labute approximate surface area is 103 Å². The quantitative estimate of drug-likeness (QED) is 0.815. The Hall–Kier alpha value is -1.58. The van der Waals surface area contributed by atoms with Crippen LogP contribution in [-0.2, 0) is 0 Å². The number of anilines is 1. The topological polar surface area (TPSA) is 64.4 Å². The van der Waals surface area contributed by atoms with E-state index in [1.54, 1.807) is 7.05 Å². The maximum atomic E-state index is 5.79. The van der Waals surface area contributed by atoms with Crippen molar-refractivity contribution >= 4 is 17.6 Å². The van der Waals surface area contributed by atoms with Crippen molar-refractivity contribution < 1.29 is 4.52 Å². The van der Waals surface area contributed by atoms with Crippen LogP contribution >= 0.6 is 0 Å². The summed E-state index contributed by atoms with van der Waals surface area (Å²) in [6, 6.07) is 0. The first-order valence-corrected chi connectivity index (χ1v) is 5.83. The average Bonchev–Trinajstić information content (AvgIpc) is 2.63. The smallest absolute Gasteiger partial charge is 0.190 e. The minimum atomic E-state index is -0.0585. The van der Waals surface area contributed by atoms with E-state index in [0.717, 1.165) is 17.7 Å². The number of aromatic nitrogens is 1. The Morgan fingerprint density at radius 2 is 2.18 bits per heavy atom. The largest absolute Gasteiger partial charge is 0.380 e. The van der Waals surface area contributed by atoms with Crippen LogP contribution in [0.3, 0.4) is 0 Å². The summed E-state index contributed by atoms with van der Waals surface area (Å²) >= 11 is 0. The second kappa shape index (κ2) is 5.17. The van der Waals surface area contributed by atoms with Gasteiger partial charge in [-0.15, -0.1) is 0 Å². The van der Waals surface area contributed by atoms with E-state index in [4.69, 9.17) is 10.3 Å². The number of allylic oxidation sites excluding steroid dienone is 1. The molecule has 0 aliphatic heterocycles. The van der Waals surface area contributed by atoms with Crippen molar-refractivity contribution in [1.82, 2.24) is 5.16 Å². The molecule has 0 aromatic carbocycles. The maximum Gasteiger partial charge on any atom is 0.190 e. The van der Waals surface area contributed by atoms with E-state index < -0.39 is 0 Å². The molecule has 0 saturated heterocycles. The Bertz CT molecular complexity index is 442. The van der Waals surface area contributed by atoms with Crippen LogP contribution in [0.25, 0.3) is 6.08 Å². The van der Waals surface area contributed by atoms with E-state index in [1.807, 2.05) is 19.1 Å². The molecule has 0 radical (unpaired) electrons. The molecule has 4 nitrogen and oxygen atoms in total. The standard InChI is InChI=1S/C13H21N3O/c1-6-8-9-10(17-16-12(9)14)11(15-5)13(3,4)7-2/h6,8H,7H2,1-5H3,(H2,14,16)/b8-6-,15-11?. The molecular weight excluding hydrogens is 214 g/mol. The zero-order chi connectivity index (χ0) is 13.1. The third-order valence-corrected chi connectivity index (χ3v) is 3.05. The first-order valence-electron chi connectivity index (χ1n) is 5.83. The lowest BCUT2D eigenvalue weighted by molar-refractivity contribution is 0.401. The van der Waals surface area contributed by atoms with Crippen molar-refractivity contribution in [3.8, 4) is 0 Å². The molecule has 0 aliphatic rings. The molecule has 0 amide bonds. The molecule has 1 heterocycles. The van der Waals surface area contributed by atoms with Crippen LogP contribution in [0.15, 0.2) is 15.6 Å². The van der Waals surface area contributed by atoms with Crippen molar-refractivity contribution in [2.24, 2.45) is 10.4 Å². The molecule has 0 atom stereocenters. The summed E-state index contributed by atoms with van der Waals surface area (Å²) in [5.74, 6) is 1.08. The van der Waals surface area contributed by atoms with Gasteiger partial charge in [-0.3, -0.25) is 4.99 Å². The normalized spacial score (nSPS) is 13.6. The Morgan fingerprint density at radius 1 is 1.53 bits per heavy atom. The summed E-state index contributed by atoms with van der Waals surface area (Å²) in [4.78, 5) is 4.35. The van der Waals surface area contributed by atoms with E-state index in [2.05, 4.69) is 30.9 Å². The number of nitrogen functional groups attached to an aromatic ring is 1. The number of nitrogens with zero attached hydrogens (tertiary/aromatic N) is 2. The van der Waals surface area contributed by atoms with Crippen LogP contribution in [0.4, 0.5) is 5.82 Å². The second-order valence-electron chi connectivity index (χ2n) is 4.62. The van der Waals surface area contributed by atoms with Gasteiger partial charge in [0.15, 0.2) is 11.6 Å². The molecule has 1 aromatic rings. The molecule has 0 spiro atoms. The minimum absolute atomic E-state index is 0.0585. The van der Waals surface area contributed by atoms with E-state index in [0.29, 0.717) is 11.6 Å². The van der Waals surface area contributed by atoms with Gasteiger partial charge in [-0.25, -0.2) is 0 Å². The SMILES string of the molecule is C/C=C\c1c(N)noc1C(=NC)C(C)(C)CC. The highest BCUT2D eigenvalue weighted by Crippen LogP contribution is 2.30. The first-order chi connectivity index (χ1) is 7.97. The molecule has 2 N–H and O–H groups in total. The third kappa shape index (κ3) is 2.57. The van der Waals surface area contributed by atoms with E-state index in [1.165, 1.54) is 0 Å². The lowest BCUT2D eigenvalue weighted by Crippen LogP contribution is -2.24. The monoisotopic (exact) mass is 235 g/mol. The fraction of sp³-hybridized carbons (Fsp3) is 0.538. The summed E-state index contributed by atoms with van der Waals surface area (Å²) in [6.07, 6.45) is 4.78. The second-order valence-corrected chi connectivity index (χ2v) is 4.62. The number of hydrogen-bond acceptors (Lipinski definition) is 4. The van der Waals surface area contributed by atoms with Crippen LogP contribution in [0.1, 0.15) is 45.4 Å². The molecule has 94 valence electrons. The highest BCUT2D eigenvalue weighted by Gasteiger charge is 2.29. The fourth-order valence-corrected chi connectivity index (χ4v) is 1.69. The van der Waals surface area contributed by atoms with Gasteiger partial charge < -0.3 is 10.3 Å². The fourth-order valence-electron chi connectivity index (χ4n) is 1.69. The highest BCUT2D eigenvalue weighted by atomic mass is 16.5. The molecular formula is C13H21N3O. The van der Waals surface area contributed by atoms with Crippen LogP contribution in [-0.4, -0.2) is 17.9 Å². The van der Waals surface area contributed by atoms with Crippen LogP contribution < -0.4 is 5.73 Å². The number of nitrogens with two attached hydrogens (primary N) is 1. The summed E-state index contributed by atoms with van der Waals surface area (Å²) < 4.78 is 5.33. The van der Waals surface area contributed by atoms with Gasteiger partial charge in [-0.05, 0) is 13.3 Å². The number of rotatable bonds is 4. The lowest BCUT2D eigenvalue weighted by atomic mass is 9.82. The number of aliphatic imine (C=N–C) groups is 1. The predicted molar refractivity (Wildman–Crippen MR) is 72.2 cm³/mol. The van der Waals surface area contributed by atoms with Crippen molar-refractivity contribution in [1.29, 1.82) is 0 Å². The van der Waals surface area contributed by atoms with E-state index in [-0.39, 0.29) is 5.41 Å². The lowest BCUT2D eigenvalue weighted by Gasteiger charge is -2.23. The van der Waals surface area contributed by atoms with Crippen LogP contribution in [0.2, 0.25) is 0 Å². The van der Waals surface area contributed by atoms with Gasteiger partial charge in [-0.2, -0.15) is 0 Å². The Kier molecular flexibility index (Phi) is 4.10. The van der Waals surface area contributed by atoms with Gasteiger partial charge in [0.05, 0.1) is 11.3 Å². The molecule has 4 heteroatoms. The minimum Gasteiger partial charge on any atom is -0.380 e. The van der Waals surface area contributed by atoms with Gasteiger partial charge in [0, 0.05) is 12.5 Å². The van der Waals surface area contributed by atoms with Crippen LogP contribution in [0.5, 0.6) is 0 Å². The van der Waals surface area contributed by atoms with Gasteiger partial charge in [0.2, 0.25) is 0 Å². The third-order valence-electron chi connectivity index (χ3n) is 3.05. The molecule has 1 aromatic heterocycles. The van der Waals surface area contributed by atoms with E-state index in [9.17, 15) is 0 Å². The summed E-state index contributed by atoms with van der Waals surface area (Å²) in [5, 5.41) is 3.82. The summed E-state index contributed by atoms with van der Waals surface area (Å²) in [6.45, 7) is 8.32. The van der Waals surface area contributed by atoms with Crippen molar-refractivity contribution in [2.75, 3.05) is 12.8 Å². The number of hydrogen-bond donors (Lipinski definition) is 1. The van der Waals surface area contributed by atoms with Crippen LogP contribution in [0, 0.1) is 5.41 Å².